The Labute approximate surface area is 94.1 Å². The minimum Gasteiger partial charge on any atom is -0.481 e. The molecule has 0 spiro atoms. The third-order valence-corrected chi connectivity index (χ3v) is 3.18. The van der Waals surface area contributed by atoms with E-state index in [-0.39, 0.29) is 11.7 Å². The number of aryl methyl sites for hydroxylation is 2. The maximum atomic E-state index is 13.4. The maximum absolute atomic E-state index is 13.4. The first-order valence-corrected chi connectivity index (χ1v) is 5.50. The molecule has 1 aromatic carbocycles. The van der Waals surface area contributed by atoms with Crippen molar-refractivity contribution in [2.75, 3.05) is 0 Å². The lowest BCUT2D eigenvalue weighted by Crippen LogP contribution is -2.14. The van der Waals surface area contributed by atoms with Crippen LogP contribution in [0.15, 0.2) is 12.1 Å². The molecule has 1 saturated carbocycles. The van der Waals surface area contributed by atoms with Gasteiger partial charge in [0.2, 0.25) is 0 Å². The molecule has 2 rings (SSSR count). The summed E-state index contributed by atoms with van der Waals surface area (Å²) < 4.78 is 13.4. The average Bonchev–Trinajstić information content (AvgIpc) is 2.98. The van der Waals surface area contributed by atoms with Gasteiger partial charge in [0, 0.05) is 0 Å². The van der Waals surface area contributed by atoms with Gasteiger partial charge in [0.25, 0.3) is 0 Å². The van der Waals surface area contributed by atoms with E-state index in [2.05, 4.69) is 0 Å². The summed E-state index contributed by atoms with van der Waals surface area (Å²) in [6.45, 7) is 3.36. The van der Waals surface area contributed by atoms with Crippen LogP contribution in [0.4, 0.5) is 4.39 Å². The van der Waals surface area contributed by atoms with Gasteiger partial charge in [-0.05, 0) is 49.3 Å². The van der Waals surface area contributed by atoms with E-state index in [0.717, 1.165) is 18.4 Å². The molecule has 0 saturated heterocycles. The highest BCUT2D eigenvalue weighted by molar-refractivity contribution is 5.77. The SMILES string of the molecule is Cc1cc(C(C(=O)O)C2CC2)cc(C)c1F. The Morgan fingerprint density at radius 2 is 1.88 bits per heavy atom. The summed E-state index contributed by atoms with van der Waals surface area (Å²) in [7, 11) is 0. The second-order valence-electron chi connectivity index (χ2n) is 4.62. The van der Waals surface area contributed by atoms with Crippen molar-refractivity contribution in [2.24, 2.45) is 5.92 Å². The number of carboxylic acids is 1. The van der Waals surface area contributed by atoms with E-state index in [0.29, 0.717) is 11.1 Å². The minimum absolute atomic E-state index is 0.233. The van der Waals surface area contributed by atoms with Gasteiger partial charge >= 0.3 is 5.97 Å². The highest BCUT2D eigenvalue weighted by atomic mass is 19.1. The Hall–Kier alpha value is -1.38. The summed E-state index contributed by atoms with van der Waals surface area (Å²) in [5.41, 5.74) is 1.80. The smallest absolute Gasteiger partial charge is 0.311 e. The number of rotatable bonds is 3. The number of carboxylic acid groups (broad SMARTS) is 1. The molecule has 3 heteroatoms. The second-order valence-corrected chi connectivity index (χ2v) is 4.62. The standard InChI is InChI=1S/C13H15FO2/c1-7-5-10(6-8(2)12(7)14)11(13(15)16)9-3-4-9/h5-6,9,11H,3-4H2,1-2H3,(H,15,16). The Balaban J connectivity index is 2.41. The van der Waals surface area contributed by atoms with Gasteiger partial charge in [0.05, 0.1) is 5.92 Å². The first-order valence-electron chi connectivity index (χ1n) is 5.50. The predicted octanol–water partition coefficient (Wildman–Crippen LogP) is 3.02. The van der Waals surface area contributed by atoms with Gasteiger partial charge in [-0.15, -0.1) is 0 Å². The summed E-state index contributed by atoms with van der Waals surface area (Å²) in [5, 5.41) is 9.19. The number of hydrogen-bond acceptors (Lipinski definition) is 1. The maximum Gasteiger partial charge on any atom is 0.311 e. The van der Waals surface area contributed by atoms with Crippen LogP contribution in [0.25, 0.3) is 0 Å². The molecule has 16 heavy (non-hydrogen) atoms. The molecule has 1 aliphatic rings. The summed E-state index contributed by atoms with van der Waals surface area (Å²) in [4.78, 5) is 11.2. The first kappa shape index (κ1) is 11.1. The van der Waals surface area contributed by atoms with E-state index in [9.17, 15) is 14.3 Å². The normalized spacial score (nSPS) is 17.2. The third-order valence-electron chi connectivity index (χ3n) is 3.18. The largest absolute Gasteiger partial charge is 0.481 e. The van der Waals surface area contributed by atoms with Crippen molar-refractivity contribution in [2.45, 2.75) is 32.6 Å². The highest BCUT2D eigenvalue weighted by Gasteiger charge is 2.37. The van der Waals surface area contributed by atoms with Gasteiger partial charge in [-0.1, -0.05) is 12.1 Å². The zero-order valence-electron chi connectivity index (χ0n) is 9.46. The molecule has 0 aliphatic heterocycles. The molecule has 0 aromatic heterocycles. The van der Waals surface area contributed by atoms with Crippen molar-refractivity contribution in [1.29, 1.82) is 0 Å². The van der Waals surface area contributed by atoms with E-state index in [1.54, 1.807) is 26.0 Å². The lowest BCUT2D eigenvalue weighted by molar-refractivity contribution is -0.139. The van der Waals surface area contributed by atoms with Crippen molar-refractivity contribution in [1.82, 2.24) is 0 Å². The molecule has 0 radical (unpaired) electrons. The molecule has 2 nitrogen and oxygen atoms in total. The monoisotopic (exact) mass is 222 g/mol. The zero-order valence-corrected chi connectivity index (χ0v) is 9.46. The Morgan fingerprint density at radius 1 is 1.38 bits per heavy atom. The van der Waals surface area contributed by atoms with Crippen molar-refractivity contribution in [3.05, 3.63) is 34.6 Å². The minimum atomic E-state index is -0.798. The molecule has 1 aliphatic carbocycles. The van der Waals surface area contributed by atoms with Crippen molar-refractivity contribution < 1.29 is 14.3 Å². The first-order chi connectivity index (χ1) is 7.50. The third kappa shape index (κ3) is 1.94. The van der Waals surface area contributed by atoms with Crippen LogP contribution in [0.1, 0.15) is 35.4 Å². The number of halogens is 1. The number of hydrogen-bond donors (Lipinski definition) is 1. The number of benzene rings is 1. The summed E-state index contributed by atoms with van der Waals surface area (Å²) in [6, 6.07) is 3.33. The van der Waals surface area contributed by atoms with Gasteiger partial charge in [0.1, 0.15) is 5.82 Å². The zero-order chi connectivity index (χ0) is 11.9. The summed E-state index contributed by atoms with van der Waals surface area (Å²) in [5.74, 6) is -1.25. The molecule has 0 bridgehead atoms. The molecular weight excluding hydrogens is 207 g/mol. The van der Waals surface area contributed by atoms with Crippen LogP contribution >= 0.6 is 0 Å². The molecule has 86 valence electrons. The molecule has 1 aromatic rings. The van der Waals surface area contributed by atoms with Gasteiger partial charge in [-0.3, -0.25) is 4.79 Å². The fraction of sp³-hybridized carbons (Fsp3) is 0.462. The second kappa shape index (κ2) is 3.89. The summed E-state index contributed by atoms with van der Waals surface area (Å²) in [6.07, 6.45) is 1.93. The molecule has 1 atom stereocenters. The van der Waals surface area contributed by atoms with E-state index >= 15 is 0 Å². The van der Waals surface area contributed by atoms with Crippen LogP contribution in [0.5, 0.6) is 0 Å². The van der Waals surface area contributed by atoms with Crippen LogP contribution in [-0.4, -0.2) is 11.1 Å². The van der Waals surface area contributed by atoms with Gasteiger partial charge in [-0.2, -0.15) is 0 Å². The van der Waals surface area contributed by atoms with E-state index in [1.807, 2.05) is 0 Å². The molecular formula is C13H15FO2. The fourth-order valence-corrected chi connectivity index (χ4v) is 2.20. The molecule has 0 heterocycles. The Bertz CT molecular complexity index is 413. The van der Waals surface area contributed by atoms with E-state index in [1.165, 1.54) is 0 Å². The van der Waals surface area contributed by atoms with Gasteiger partial charge < -0.3 is 5.11 Å². The Morgan fingerprint density at radius 3 is 2.25 bits per heavy atom. The van der Waals surface area contributed by atoms with Crippen LogP contribution in [0.2, 0.25) is 0 Å². The average molecular weight is 222 g/mol. The number of aliphatic carboxylic acids is 1. The highest BCUT2D eigenvalue weighted by Crippen LogP contribution is 2.43. The quantitative estimate of drug-likeness (QED) is 0.853. The molecule has 0 amide bonds. The number of carbonyl (C=O) groups is 1. The van der Waals surface area contributed by atoms with Crippen LogP contribution in [0, 0.1) is 25.6 Å². The van der Waals surface area contributed by atoms with Gasteiger partial charge in [0.15, 0.2) is 0 Å². The van der Waals surface area contributed by atoms with Crippen molar-refractivity contribution in [3.63, 3.8) is 0 Å². The fourth-order valence-electron chi connectivity index (χ4n) is 2.20. The van der Waals surface area contributed by atoms with Crippen LogP contribution in [-0.2, 0) is 4.79 Å². The lowest BCUT2D eigenvalue weighted by Gasteiger charge is -2.14. The van der Waals surface area contributed by atoms with E-state index < -0.39 is 11.9 Å². The molecule has 1 N–H and O–H groups in total. The van der Waals surface area contributed by atoms with Crippen LogP contribution in [0.3, 0.4) is 0 Å². The topological polar surface area (TPSA) is 37.3 Å². The Kier molecular flexibility index (Phi) is 2.70. The molecule has 1 fully saturated rings. The van der Waals surface area contributed by atoms with E-state index in [4.69, 9.17) is 0 Å². The summed E-state index contributed by atoms with van der Waals surface area (Å²) >= 11 is 0. The predicted molar refractivity (Wildman–Crippen MR) is 59.0 cm³/mol. The molecule has 1 unspecified atom stereocenters. The van der Waals surface area contributed by atoms with Gasteiger partial charge in [-0.25, -0.2) is 4.39 Å². The van der Waals surface area contributed by atoms with Crippen molar-refractivity contribution >= 4 is 5.97 Å². The lowest BCUT2D eigenvalue weighted by atomic mass is 9.91. The van der Waals surface area contributed by atoms with Crippen molar-refractivity contribution in [3.8, 4) is 0 Å². The van der Waals surface area contributed by atoms with Crippen LogP contribution < -0.4 is 0 Å².